The van der Waals surface area contributed by atoms with Gasteiger partial charge in [-0.2, -0.15) is 0 Å². The molecular weight excluding hydrogens is 386 g/mol. The molecule has 1 saturated heterocycles. The standard InChI is InChI=1S/C23H30ClN3O2/c24-21-8-6-19(7-9-21)15-27-12-10-18(11-13-27)14-26-23(28)22(25)17-29-16-20-4-2-1-3-5-20/h1-9,18,22H,10-17,25H2,(H,26,28). The Morgan fingerprint density at radius 1 is 1.10 bits per heavy atom. The number of nitrogens with zero attached hydrogens (tertiary/aromatic N) is 1. The number of carbonyl (C=O) groups is 1. The van der Waals surface area contributed by atoms with E-state index in [1.165, 1.54) is 5.56 Å². The first kappa shape index (κ1) is 21.8. The summed E-state index contributed by atoms with van der Waals surface area (Å²) in [7, 11) is 0. The number of amides is 1. The SMILES string of the molecule is NC(COCc1ccccc1)C(=O)NCC1CCN(Cc2ccc(Cl)cc2)CC1. The summed E-state index contributed by atoms with van der Waals surface area (Å²) in [6.45, 7) is 4.39. The highest BCUT2D eigenvalue weighted by atomic mass is 35.5. The Balaban J connectivity index is 1.30. The van der Waals surface area contributed by atoms with Crippen molar-refractivity contribution < 1.29 is 9.53 Å². The van der Waals surface area contributed by atoms with Gasteiger partial charge in [-0.1, -0.05) is 54.1 Å². The molecule has 1 amide bonds. The highest BCUT2D eigenvalue weighted by molar-refractivity contribution is 6.30. The monoisotopic (exact) mass is 415 g/mol. The molecule has 3 N–H and O–H groups in total. The van der Waals surface area contributed by atoms with Gasteiger partial charge in [0.2, 0.25) is 5.91 Å². The van der Waals surface area contributed by atoms with Crippen LogP contribution in [0.3, 0.4) is 0 Å². The fraction of sp³-hybridized carbons (Fsp3) is 0.435. The number of piperidine rings is 1. The summed E-state index contributed by atoms with van der Waals surface area (Å²) in [6.07, 6.45) is 2.15. The molecule has 156 valence electrons. The maximum Gasteiger partial charge on any atom is 0.239 e. The topological polar surface area (TPSA) is 67.6 Å². The van der Waals surface area contributed by atoms with Crippen LogP contribution in [0, 0.1) is 5.92 Å². The molecule has 1 aliphatic rings. The summed E-state index contributed by atoms with van der Waals surface area (Å²) in [6, 6.07) is 17.3. The van der Waals surface area contributed by atoms with Gasteiger partial charge in [0, 0.05) is 18.1 Å². The molecule has 2 aromatic carbocycles. The van der Waals surface area contributed by atoms with E-state index in [0.717, 1.165) is 43.1 Å². The number of likely N-dealkylation sites (tertiary alicyclic amines) is 1. The zero-order valence-corrected chi connectivity index (χ0v) is 17.5. The highest BCUT2D eigenvalue weighted by Gasteiger charge is 2.21. The van der Waals surface area contributed by atoms with Crippen LogP contribution >= 0.6 is 11.6 Å². The largest absolute Gasteiger partial charge is 0.375 e. The lowest BCUT2D eigenvalue weighted by atomic mass is 9.96. The van der Waals surface area contributed by atoms with E-state index in [1.54, 1.807) is 0 Å². The second-order valence-electron chi connectivity index (χ2n) is 7.70. The normalized spacial score (nSPS) is 16.5. The zero-order valence-electron chi connectivity index (χ0n) is 16.7. The Morgan fingerprint density at radius 2 is 1.79 bits per heavy atom. The van der Waals surface area contributed by atoms with Crippen molar-refractivity contribution in [2.45, 2.75) is 32.0 Å². The van der Waals surface area contributed by atoms with Crippen molar-refractivity contribution in [3.05, 3.63) is 70.7 Å². The van der Waals surface area contributed by atoms with Gasteiger partial charge in [-0.05, 0) is 55.1 Å². The van der Waals surface area contributed by atoms with Gasteiger partial charge in [-0.15, -0.1) is 0 Å². The molecule has 0 aromatic heterocycles. The van der Waals surface area contributed by atoms with Crippen LogP contribution in [0.5, 0.6) is 0 Å². The predicted octanol–water partition coefficient (Wildman–Crippen LogP) is 3.21. The maximum absolute atomic E-state index is 12.2. The molecule has 1 heterocycles. The number of ether oxygens (including phenoxy) is 1. The number of hydrogen-bond donors (Lipinski definition) is 2. The maximum atomic E-state index is 12.2. The van der Waals surface area contributed by atoms with Crippen molar-refractivity contribution in [2.24, 2.45) is 11.7 Å². The fourth-order valence-electron chi connectivity index (χ4n) is 3.53. The van der Waals surface area contributed by atoms with Gasteiger partial charge in [-0.25, -0.2) is 0 Å². The number of hydrogen-bond acceptors (Lipinski definition) is 4. The van der Waals surface area contributed by atoms with Gasteiger partial charge in [0.1, 0.15) is 6.04 Å². The second kappa shape index (κ2) is 11.3. The van der Waals surface area contributed by atoms with Crippen LogP contribution in [0.4, 0.5) is 0 Å². The van der Waals surface area contributed by atoms with E-state index in [0.29, 0.717) is 19.1 Å². The first-order chi connectivity index (χ1) is 14.1. The number of halogens is 1. The molecule has 5 nitrogen and oxygen atoms in total. The van der Waals surface area contributed by atoms with Crippen LogP contribution in [0.1, 0.15) is 24.0 Å². The minimum absolute atomic E-state index is 0.137. The Labute approximate surface area is 178 Å². The van der Waals surface area contributed by atoms with Crippen LogP contribution in [0.25, 0.3) is 0 Å². The fourth-order valence-corrected chi connectivity index (χ4v) is 3.65. The first-order valence-electron chi connectivity index (χ1n) is 10.2. The molecule has 1 fully saturated rings. The van der Waals surface area contributed by atoms with Gasteiger partial charge < -0.3 is 15.8 Å². The van der Waals surface area contributed by atoms with Crippen LogP contribution in [0.15, 0.2) is 54.6 Å². The second-order valence-corrected chi connectivity index (χ2v) is 8.13. The van der Waals surface area contributed by atoms with Crippen molar-refractivity contribution in [3.63, 3.8) is 0 Å². The number of nitrogens with two attached hydrogens (primary N) is 1. The Morgan fingerprint density at radius 3 is 2.48 bits per heavy atom. The molecular formula is C23H30ClN3O2. The van der Waals surface area contributed by atoms with Crippen molar-refractivity contribution in [1.29, 1.82) is 0 Å². The quantitative estimate of drug-likeness (QED) is 0.659. The summed E-state index contributed by atoms with van der Waals surface area (Å²) in [5, 5.41) is 3.76. The Hall–Kier alpha value is -1.92. The Bertz CT molecular complexity index is 746. The van der Waals surface area contributed by atoms with E-state index in [4.69, 9.17) is 22.1 Å². The van der Waals surface area contributed by atoms with Crippen molar-refractivity contribution >= 4 is 17.5 Å². The molecule has 0 aliphatic carbocycles. The van der Waals surface area contributed by atoms with Gasteiger partial charge in [0.05, 0.1) is 13.2 Å². The Kier molecular flexibility index (Phi) is 8.50. The van der Waals surface area contributed by atoms with Crippen LogP contribution in [0.2, 0.25) is 5.02 Å². The van der Waals surface area contributed by atoms with E-state index in [-0.39, 0.29) is 12.5 Å². The van der Waals surface area contributed by atoms with Crippen molar-refractivity contribution in [3.8, 4) is 0 Å². The molecule has 3 rings (SSSR count). The number of rotatable bonds is 9. The minimum atomic E-state index is -0.635. The average Bonchev–Trinajstić information content (AvgIpc) is 2.75. The van der Waals surface area contributed by atoms with E-state index >= 15 is 0 Å². The molecule has 0 radical (unpaired) electrons. The predicted molar refractivity (Wildman–Crippen MR) is 117 cm³/mol. The van der Waals surface area contributed by atoms with Gasteiger partial charge in [0.15, 0.2) is 0 Å². The summed E-state index contributed by atoms with van der Waals surface area (Å²) in [5.74, 6) is 0.361. The molecule has 1 atom stereocenters. The minimum Gasteiger partial charge on any atom is -0.375 e. The molecule has 1 unspecified atom stereocenters. The third-order valence-corrected chi connectivity index (χ3v) is 5.59. The summed E-state index contributed by atoms with van der Waals surface area (Å²) in [4.78, 5) is 14.7. The molecule has 0 bridgehead atoms. The van der Waals surface area contributed by atoms with Gasteiger partial charge >= 0.3 is 0 Å². The third-order valence-electron chi connectivity index (χ3n) is 5.34. The molecule has 0 spiro atoms. The number of carbonyl (C=O) groups excluding carboxylic acids is 1. The lowest BCUT2D eigenvalue weighted by Crippen LogP contribution is -2.46. The molecule has 1 aliphatic heterocycles. The van der Waals surface area contributed by atoms with E-state index < -0.39 is 6.04 Å². The highest BCUT2D eigenvalue weighted by Crippen LogP contribution is 2.19. The number of benzene rings is 2. The zero-order chi connectivity index (χ0) is 20.5. The third kappa shape index (κ3) is 7.44. The molecule has 0 saturated carbocycles. The summed E-state index contributed by atoms with van der Waals surface area (Å²) in [5.41, 5.74) is 8.32. The van der Waals surface area contributed by atoms with Gasteiger partial charge in [-0.3, -0.25) is 9.69 Å². The first-order valence-corrected chi connectivity index (χ1v) is 10.6. The van der Waals surface area contributed by atoms with E-state index in [9.17, 15) is 4.79 Å². The van der Waals surface area contributed by atoms with Crippen molar-refractivity contribution in [1.82, 2.24) is 10.2 Å². The van der Waals surface area contributed by atoms with E-state index in [1.807, 2.05) is 42.5 Å². The smallest absolute Gasteiger partial charge is 0.239 e. The molecule has 2 aromatic rings. The van der Waals surface area contributed by atoms with Crippen LogP contribution < -0.4 is 11.1 Å². The van der Waals surface area contributed by atoms with Crippen LogP contribution in [-0.2, 0) is 22.7 Å². The van der Waals surface area contributed by atoms with Gasteiger partial charge in [0.25, 0.3) is 0 Å². The van der Waals surface area contributed by atoms with E-state index in [2.05, 4.69) is 22.3 Å². The lowest BCUT2D eigenvalue weighted by Gasteiger charge is -2.32. The van der Waals surface area contributed by atoms with Crippen molar-refractivity contribution in [2.75, 3.05) is 26.2 Å². The number of nitrogens with one attached hydrogen (secondary N) is 1. The summed E-state index contributed by atoms with van der Waals surface area (Å²) >= 11 is 5.95. The van der Waals surface area contributed by atoms with Crippen LogP contribution in [-0.4, -0.2) is 43.1 Å². The average molecular weight is 416 g/mol. The molecule has 29 heavy (non-hydrogen) atoms. The summed E-state index contributed by atoms with van der Waals surface area (Å²) < 4.78 is 5.57. The lowest BCUT2D eigenvalue weighted by molar-refractivity contribution is -0.124. The molecule has 6 heteroatoms.